The third-order valence-corrected chi connectivity index (χ3v) is 2.73. The highest BCUT2D eigenvalue weighted by atomic mass is 79.9. The summed E-state index contributed by atoms with van der Waals surface area (Å²) in [5.41, 5.74) is 6.44. The topological polar surface area (TPSA) is 44.5 Å². The molecule has 0 saturated heterocycles. The molecule has 0 bridgehead atoms. The molecule has 0 fully saturated rings. The summed E-state index contributed by atoms with van der Waals surface area (Å²) in [5.74, 6) is 2.07. The first-order valence-corrected chi connectivity index (χ1v) is 5.85. The maximum atomic E-state index is 5.85. The molecule has 2 N–H and O–H groups in total. The Morgan fingerprint density at radius 1 is 1.06 bits per heavy atom. The highest BCUT2D eigenvalue weighted by Gasteiger charge is 2.03. The fraction of sp³-hybridized carbons (Fsp3) is 0.0769. The van der Waals surface area contributed by atoms with Crippen LogP contribution >= 0.6 is 15.9 Å². The second kappa shape index (κ2) is 5.10. The van der Waals surface area contributed by atoms with Gasteiger partial charge in [-0.15, -0.1) is 0 Å². The van der Waals surface area contributed by atoms with Gasteiger partial charge in [-0.05, 0) is 30.3 Å². The summed E-state index contributed by atoms with van der Waals surface area (Å²) < 4.78 is 11.7. The Morgan fingerprint density at radius 2 is 1.82 bits per heavy atom. The molecule has 2 aromatic rings. The number of hydrogen-bond donors (Lipinski definition) is 1. The third kappa shape index (κ3) is 2.91. The van der Waals surface area contributed by atoms with E-state index in [0.29, 0.717) is 17.2 Å². The SMILES string of the molecule is COc1cccc(Oc2ccc(Br)cc2N)c1. The van der Waals surface area contributed by atoms with Crippen LogP contribution in [-0.2, 0) is 0 Å². The van der Waals surface area contributed by atoms with Gasteiger partial charge in [-0.1, -0.05) is 22.0 Å². The van der Waals surface area contributed by atoms with E-state index in [-0.39, 0.29) is 0 Å². The molecule has 4 heteroatoms. The number of methoxy groups -OCH3 is 1. The second-order valence-electron chi connectivity index (χ2n) is 3.46. The average molecular weight is 294 g/mol. The van der Waals surface area contributed by atoms with Gasteiger partial charge in [0, 0.05) is 10.5 Å². The number of benzene rings is 2. The molecular formula is C13H12BrNO2. The third-order valence-electron chi connectivity index (χ3n) is 2.24. The van der Waals surface area contributed by atoms with Crippen LogP contribution in [0.25, 0.3) is 0 Å². The predicted molar refractivity (Wildman–Crippen MR) is 71.6 cm³/mol. The molecule has 2 rings (SSSR count). The zero-order chi connectivity index (χ0) is 12.3. The normalized spacial score (nSPS) is 10.0. The van der Waals surface area contributed by atoms with Crippen LogP contribution in [0.3, 0.4) is 0 Å². The zero-order valence-electron chi connectivity index (χ0n) is 9.31. The van der Waals surface area contributed by atoms with Crippen molar-refractivity contribution in [1.29, 1.82) is 0 Å². The molecule has 0 saturated carbocycles. The van der Waals surface area contributed by atoms with Gasteiger partial charge in [-0.25, -0.2) is 0 Å². The first kappa shape index (κ1) is 11.8. The van der Waals surface area contributed by atoms with Crippen LogP contribution in [0.5, 0.6) is 17.2 Å². The minimum atomic E-state index is 0.585. The second-order valence-corrected chi connectivity index (χ2v) is 4.38. The van der Waals surface area contributed by atoms with E-state index in [1.165, 1.54) is 0 Å². The van der Waals surface area contributed by atoms with Crippen molar-refractivity contribution in [3.63, 3.8) is 0 Å². The molecule has 3 nitrogen and oxygen atoms in total. The van der Waals surface area contributed by atoms with Crippen molar-refractivity contribution in [2.24, 2.45) is 0 Å². The van der Waals surface area contributed by atoms with Gasteiger partial charge >= 0.3 is 0 Å². The number of hydrogen-bond acceptors (Lipinski definition) is 3. The smallest absolute Gasteiger partial charge is 0.150 e. The summed E-state index contributed by atoms with van der Waals surface area (Å²) in [7, 11) is 1.62. The summed E-state index contributed by atoms with van der Waals surface area (Å²) in [6, 6.07) is 12.9. The summed E-state index contributed by atoms with van der Waals surface area (Å²) in [5, 5.41) is 0. The van der Waals surface area contributed by atoms with Crippen molar-refractivity contribution in [3.05, 3.63) is 46.9 Å². The average Bonchev–Trinajstić information content (AvgIpc) is 2.33. The Hall–Kier alpha value is -1.68. The first-order chi connectivity index (χ1) is 8.19. The quantitative estimate of drug-likeness (QED) is 0.875. The number of ether oxygens (including phenoxy) is 2. The van der Waals surface area contributed by atoms with Crippen LogP contribution in [0.1, 0.15) is 0 Å². The van der Waals surface area contributed by atoms with Crippen LogP contribution < -0.4 is 15.2 Å². The van der Waals surface area contributed by atoms with Gasteiger partial charge in [0.2, 0.25) is 0 Å². The zero-order valence-corrected chi connectivity index (χ0v) is 10.9. The fourth-order valence-electron chi connectivity index (χ4n) is 1.40. The monoisotopic (exact) mass is 293 g/mol. The fourth-order valence-corrected chi connectivity index (χ4v) is 1.78. The van der Waals surface area contributed by atoms with Crippen LogP contribution in [-0.4, -0.2) is 7.11 Å². The van der Waals surface area contributed by atoms with Crippen molar-refractivity contribution in [1.82, 2.24) is 0 Å². The summed E-state index contributed by atoms with van der Waals surface area (Å²) in [6.45, 7) is 0. The lowest BCUT2D eigenvalue weighted by Gasteiger charge is -2.09. The molecule has 0 atom stereocenters. The van der Waals surface area contributed by atoms with Crippen LogP contribution in [0.15, 0.2) is 46.9 Å². The molecule has 0 spiro atoms. The van der Waals surface area contributed by atoms with Gasteiger partial charge in [0.15, 0.2) is 0 Å². The number of halogens is 1. The maximum Gasteiger partial charge on any atom is 0.150 e. The molecule has 0 radical (unpaired) electrons. The molecule has 0 aromatic heterocycles. The van der Waals surface area contributed by atoms with Crippen LogP contribution in [0.2, 0.25) is 0 Å². The van der Waals surface area contributed by atoms with E-state index in [2.05, 4.69) is 15.9 Å². The maximum absolute atomic E-state index is 5.85. The van der Waals surface area contributed by atoms with Crippen molar-refractivity contribution in [2.75, 3.05) is 12.8 Å². The van der Waals surface area contributed by atoms with E-state index in [9.17, 15) is 0 Å². The lowest BCUT2D eigenvalue weighted by molar-refractivity contribution is 0.409. The first-order valence-electron chi connectivity index (χ1n) is 5.06. The molecule has 0 aliphatic carbocycles. The summed E-state index contributed by atoms with van der Waals surface area (Å²) in [4.78, 5) is 0. The lowest BCUT2D eigenvalue weighted by atomic mass is 10.3. The molecule has 0 heterocycles. The number of rotatable bonds is 3. The Kier molecular flexibility index (Phi) is 3.54. The van der Waals surface area contributed by atoms with Gasteiger partial charge in [0.05, 0.1) is 12.8 Å². The van der Waals surface area contributed by atoms with E-state index < -0.39 is 0 Å². The van der Waals surface area contributed by atoms with Gasteiger partial charge in [0.1, 0.15) is 17.2 Å². The number of anilines is 1. The predicted octanol–water partition coefficient (Wildman–Crippen LogP) is 3.83. The van der Waals surface area contributed by atoms with Crippen molar-refractivity contribution >= 4 is 21.6 Å². The van der Waals surface area contributed by atoms with Crippen LogP contribution in [0, 0.1) is 0 Å². The highest BCUT2D eigenvalue weighted by Crippen LogP contribution is 2.31. The molecule has 17 heavy (non-hydrogen) atoms. The molecule has 0 aliphatic heterocycles. The largest absolute Gasteiger partial charge is 0.497 e. The van der Waals surface area contributed by atoms with E-state index in [0.717, 1.165) is 10.2 Å². The van der Waals surface area contributed by atoms with E-state index in [4.69, 9.17) is 15.2 Å². The Bertz CT molecular complexity index is 529. The lowest BCUT2D eigenvalue weighted by Crippen LogP contribution is -1.92. The number of nitrogen functional groups attached to an aromatic ring is 1. The van der Waals surface area contributed by atoms with Crippen molar-refractivity contribution < 1.29 is 9.47 Å². The van der Waals surface area contributed by atoms with Crippen molar-refractivity contribution in [3.8, 4) is 17.2 Å². The summed E-state index contributed by atoms with van der Waals surface area (Å²) in [6.07, 6.45) is 0. The summed E-state index contributed by atoms with van der Waals surface area (Å²) >= 11 is 3.35. The molecule has 0 aliphatic rings. The standard InChI is InChI=1S/C13H12BrNO2/c1-16-10-3-2-4-11(8-10)17-13-6-5-9(14)7-12(13)15/h2-8H,15H2,1H3. The van der Waals surface area contributed by atoms with Gasteiger partial charge in [-0.3, -0.25) is 0 Å². The Morgan fingerprint density at radius 3 is 2.53 bits per heavy atom. The minimum absolute atomic E-state index is 0.585. The van der Waals surface area contributed by atoms with E-state index in [1.807, 2.05) is 36.4 Å². The Labute approximate surface area is 108 Å². The number of nitrogens with two attached hydrogens (primary N) is 1. The van der Waals surface area contributed by atoms with E-state index >= 15 is 0 Å². The van der Waals surface area contributed by atoms with Crippen molar-refractivity contribution in [2.45, 2.75) is 0 Å². The van der Waals surface area contributed by atoms with Gasteiger partial charge in [0.25, 0.3) is 0 Å². The molecular weight excluding hydrogens is 282 g/mol. The van der Waals surface area contributed by atoms with Crippen LogP contribution in [0.4, 0.5) is 5.69 Å². The Balaban J connectivity index is 2.25. The molecule has 0 amide bonds. The molecule has 2 aromatic carbocycles. The molecule has 0 unspecified atom stereocenters. The minimum Gasteiger partial charge on any atom is -0.497 e. The highest BCUT2D eigenvalue weighted by molar-refractivity contribution is 9.10. The van der Waals surface area contributed by atoms with Gasteiger partial charge in [-0.2, -0.15) is 0 Å². The van der Waals surface area contributed by atoms with E-state index in [1.54, 1.807) is 13.2 Å². The van der Waals surface area contributed by atoms with Gasteiger partial charge < -0.3 is 15.2 Å². The molecule has 88 valence electrons.